The van der Waals surface area contributed by atoms with Crippen LogP contribution >= 0.6 is 11.3 Å². The Morgan fingerprint density at radius 1 is 1.04 bits per heavy atom. The second-order valence-electron chi connectivity index (χ2n) is 5.62. The van der Waals surface area contributed by atoms with Gasteiger partial charge >= 0.3 is 0 Å². The van der Waals surface area contributed by atoms with Crippen LogP contribution in [-0.2, 0) is 13.0 Å². The normalized spacial score (nSPS) is 11.2. The third-order valence-corrected chi connectivity index (χ3v) is 5.10. The standard InChI is InChI=1S/C19H27N3O3S/c1-13-9-11-26-16(13)12-22-19(20-2)21-10-8-14-6-7-15(23-3)18(25-5)17(14)24-4/h6-7,9,11H,8,10,12H2,1-5H3,(H2,20,21,22). The molecule has 1 heterocycles. The van der Waals surface area contributed by atoms with Crippen LogP contribution in [0.2, 0.25) is 0 Å². The van der Waals surface area contributed by atoms with E-state index in [0.717, 1.165) is 31.0 Å². The molecule has 1 aromatic heterocycles. The van der Waals surface area contributed by atoms with Crippen LogP contribution in [-0.4, -0.2) is 40.9 Å². The van der Waals surface area contributed by atoms with Crippen molar-refractivity contribution in [2.45, 2.75) is 19.9 Å². The lowest BCUT2D eigenvalue weighted by molar-refractivity contribution is 0.322. The molecule has 0 radical (unpaired) electrons. The Balaban J connectivity index is 1.94. The molecule has 2 rings (SSSR count). The monoisotopic (exact) mass is 377 g/mol. The lowest BCUT2D eigenvalue weighted by atomic mass is 10.1. The number of benzene rings is 1. The van der Waals surface area contributed by atoms with Gasteiger partial charge in [0, 0.05) is 24.0 Å². The van der Waals surface area contributed by atoms with Crippen LogP contribution in [0.4, 0.5) is 0 Å². The number of rotatable bonds is 8. The molecule has 0 saturated heterocycles. The minimum Gasteiger partial charge on any atom is -0.493 e. The Morgan fingerprint density at radius 2 is 1.81 bits per heavy atom. The molecule has 0 bridgehead atoms. The zero-order chi connectivity index (χ0) is 18.9. The van der Waals surface area contributed by atoms with E-state index in [1.54, 1.807) is 39.7 Å². The number of hydrogen-bond acceptors (Lipinski definition) is 5. The maximum Gasteiger partial charge on any atom is 0.203 e. The van der Waals surface area contributed by atoms with Crippen molar-refractivity contribution < 1.29 is 14.2 Å². The van der Waals surface area contributed by atoms with Crippen molar-refractivity contribution >= 4 is 17.3 Å². The summed E-state index contributed by atoms with van der Waals surface area (Å²) in [5.41, 5.74) is 2.34. The van der Waals surface area contributed by atoms with E-state index >= 15 is 0 Å². The quantitative estimate of drug-likeness (QED) is 0.547. The number of ether oxygens (including phenoxy) is 3. The van der Waals surface area contributed by atoms with Crippen molar-refractivity contribution in [2.24, 2.45) is 4.99 Å². The Kier molecular flexibility index (Phi) is 7.59. The van der Waals surface area contributed by atoms with Gasteiger partial charge in [0.2, 0.25) is 5.75 Å². The van der Waals surface area contributed by atoms with Crippen molar-refractivity contribution in [1.29, 1.82) is 0 Å². The molecular formula is C19H27N3O3S. The van der Waals surface area contributed by atoms with E-state index in [2.05, 4.69) is 34.0 Å². The summed E-state index contributed by atoms with van der Waals surface area (Å²) in [5.74, 6) is 2.75. The van der Waals surface area contributed by atoms with E-state index < -0.39 is 0 Å². The molecule has 2 N–H and O–H groups in total. The molecule has 26 heavy (non-hydrogen) atoms. The highest BCUT2D eigenvalue weighted by molar-refractivity contribution is 7.10. The van der Waals surface area contributed by atoms with Crippen molar-refractivity contribution in [3.05, 3.63) is 39.6 Å². The van der Waals surface area contributed by atoms with Crippen LogP contribution in [0.15, 0.2) is 28.6 Å². The van der Waals surface area contributed by atoms with Gasteiger partial charge in [-0.15, -0.1) is 11.3 Å². The average Bonchev–Trinajstić information content (AvgIpc) is 3.08. The first-order valence-electron chi connectivity index (χ1n) is 8.39. The summed E-state index contributed by atoms with van der Waals surface area (Å²) >= 11 is 1.75. The van der Waals surface area contributed by atoms with Gasteiger partial charge < -0.3 is 24.8 Å². The van der Waals surface area contributed by atoms with Crippen molar-refractivity contribution in [3.8, 4) is 17.2 Å². The lowest BCUT2D eigenvalue weighted by Gasteiger charge is -2.16. The third-order valence-electron chi connectivity index (χ3n) is 4.08. The lowest BCUT2D eigenvalue weighted by Crippen LogP contribution is -2.37. The van der Waals surface area contributed by atoms with Crippen LogP contribution in [0.5, 0.6) is 17.2 Å². The van der Waals surface area contributed by atoms with Crippen molar-refractivity contribution in [3.63, 3.8) is 0 Å². The predicted octanol–water partition coefficient (Wildman–Crippen LogP) is 2.99. The number of nitrogens with one attached hydrogen (secondary N) is 2. The minimum atomic E-state index is 0.614. The molecule has 2 aromatic rings. The Hall–Kier alpha value is -2.41. The Bertz CT molecular complexity index is 744. The summed E-state index contributed by atoms with van der Waals surface area (Å²) < 4.78 is 16.3. The molecule has 0 saturated carbocycles. The van der Waals surface area contributed by atoms with Gasteiger partial charge in [-0.1, -0.05) is 6.07 Å². The molecule has 6 nitrogen and oxygen atoms in total. The van der Waals surface area contributed by atoms with Gasteiger partial charge in [-0.3, -0.25) is 4.99 Å². The molecule has 7 heteroatoms. The highest BCUT2D eigenvalue weighted by Gasteiger charge is 2.15. The van der Waals surface area contributed by atoms with Gasteiger partial charge in [-0.25, -0.2) is 0 Å². The van der Waals surface area contributed by atoms with E-state index in [4.69, 9.17) is 14.2 Å². The molecule has 0 aliphatic heterocycles. The van der Waals surface area contributed by atoms with E-state index in [9.17, 15) is 0 Å². The number of methoxy groups -OCH3 is 3. The topological polar surface area (TPSA) is 64.1 Å². The van der Waals surface area contributed by atoms with Gasteiger partial charge in [0.1, 0.15) is 0 Å². The molecular weight excluding hydrogens is 350 g/mol. The van der Waals surface area contributed by atoms with E-state index in [0.29, 0.717) is 17.2 Å². The number of thiophene rings is 1. The minimum absolute atomic E-state index is 0.614. The molecule has 0 atom stereocenters. The molecule has 0 aliphatic rings. The summed E-state index contributed by atoms with van der Waals surface area (Å²) in [5, 5.41) is 8.78. The van der Waals surface area contributed by atoms with Gasteiger partial charge in [0.25, 0.3) is 0 Å². The highest BCUT2D eigenvalue weighted by Crippen LogP contribution is 2.39. The largest absolute Gasteiger partial charge is 0.493 e. The van der Waals surface area contributed by atoms with Crippen molar-refractivity contribution in [1.82, 2.24) is 10.6 Å². The molecule has 1 aromatic carbocycles. The summed E-state index contributed by atoms with van der Waals surface area (Å²) in [6.45, 7) is 3.60. The van der Waals surface area contributed by atoms with E-state index in [1.807, 2.05) is 12.1 Å². The summed E-state index contributed by atoms with van der Waals surface area (Å²) in [4.78, 5) is 5.59. The summed E-state index contributed by atoms with van der Waals surface area (Å²) in [6, 6.07) is 6.01. The molecule has 0 aliphatic carbocycles. The smallest absolute Gasteiger partial charge is 0.203 e. The maximum atomic E-state index is 5.53. The number of nitrogens with zero attached hydrogens (tertiary/aromatic N) is 1. The highest BCUT2D eigenvalue weighted by atomic mass is 32.1. The maximum absolute atomic E-state index is 5.53. The van der Waals surface area contributed by atoms with Gasteiger partial charge in [0.15, 0.2) is 17.5 Å². The SMILES string of the molecule is CN=C(NCCc1ccc(OC)c(OC)c1OC)NCc1sccc1C. The zero-order valence-electron chi connectivity index (χ0n) is 16.0. The second-order valence-corrected chi connectivity index (χ2v) is 6.62. The van der Waals surface area contributed by atoms with Gasteiger partial charge in [0.05, 0.1) is 27.9 Å². The number of guanidine groups is 1. The molecule has 142 valence electrons. The molecule has 0 unspecified atom stereocenters. The fraction of sp³-hybridized carbons (Fsp3) is 0.421. The van der Waals surface area contributed by atoms with Gasteiger partial charge in [-0.05, 0) is 36.4 Å². The third kappa shape index (κ3) is 4.82. The zero-order valence-corrected chi connectivity index (χ0v) is 16.8. The Morgan fingerprint density at radius 3 is 2.38 bits per heavy atom. The van der Waals surface area contributed by atoms with E-state index in [-0.39, 0.29) is 0 Å². The van der Waals surface area contributed by atoms with Crippen LogP contribution in [0.3, 0.4) is 0 Å². The van der Waals surface area contributed by atoms with Crippen LogP contribution in [0.1, 0.15) is 16.0 Å². The predicted molar refractivity (Wildman–Crippen MR) is 107 cm³/mol. The van der Waals surface area contributed by atoms with Gasteiger partial charge in [-0.2, -0.15) is 0 Å². The second kappa shape index (κ2) is 9.91. The Labute approximate surface area is 159 Å². The van der Waals surface area contributed by atoms with E-state index in [1.165, 1.54) is 10.4 Å². The summed E-state index contributed by atoms with van der Waals surface area (Å²) in [7, 11) is 6.63. The first-order valence-corrected chi connectivity index (χ1v) is 9.27. The van der Waals surface area contributed by atoms with Crippen molar-refractivity contribution in [2.75, 3.05) is 34.9 Å². The summed E-state index contributed by atoms with van der Waals surface area (Å²) in [6.07, 6.45) is 0.766. The first-order chi connectivity index (χ1) is 12.6. The number of hydrogen-bond donors (Lipinski definition) is 2. The molecule has 0 amide bonds. The number of aryl methyl sites for hydroxylation is 1. The van der Waals surface area contributed by atoms with Crippen LogP contribution in [0, 0.1) is 6.92 Å². The van der Waals surface area contributed by atoms with Crippen LogP contribution in [0.25, 0.3) is 0 Å². The average molecular weight is 378 g/mol. The first kappa shape index (κ1) is 19.9. The fourth-order valence-electron chi connectivity index (χ4n) is 2.65. The number of aliphatic imine (C=N–C) groups is 1. The molecule has 0 fully saturated rings. The fourth-order valence-corrected chi connectivity index (χ4v) is 3.49. The molecule has 0 spiro atoms. The van der Waals surface area contributed by atoms with Crippen LogP contribution < -0.4 is 24.8 Å².